The molecular weight excluding hydrogens is 318 g/mol. The van der Waals surface area contributed by atoms with Crippen molar-refractivity contribution in [2.45, 2.75) is 13.5 Å². The molecule has 0 radical (unpaired) electrons. The number of ether oxygens (including phenoxy) is 1. The lowest BCUT2D eigenvalue weighted by molar-refractivity contribution is -0.143. The van der Waals surface area contributed by atoms with Gasteiger partial charge in [-0.1, -0.05) is 5.16 Å². The fourth-order valence-electron chi connectivity index (χ4n) is 1.98. The van der Waals surface area contributed by atoms with Gasteiger partial charge >= 0.3 is 5.97 Å². The van der Waals surface area contributed by atoms with Gasteiger partial charge in [-0.2, -0.15) is 16.3 Å². The quantitative estimate of drug-likeness (QED) is 0.666. The summed E-state index contributed by atoms with van der Waals surface area (Å²) in [5.41, 5.74) is 1.12. The summed E-state index contributed by atoms with van der Waals surface area (Å²) >= 11 is 1.54. The van der Waals surface area contributed by atoms with Crippen LogP contribution in [0.3, 0.4) is 0 Å². The number of carbonyl (C=O) groups is 1. The lowest BCUT2D eigenvalue weighted by Gasteiger charge is -2.05. The highest BCUT2D eigenvalue weighted by atomic mass is 32.1. The van der Waals surface area contributed by atoms with E-state index in [1.54, 1.807) is 13.0 Å². The molecule has 0 spiro atoms. The standard InChI is InChI=1S/C15H13N3O4S/c1-2-21-13(20)8-18-7-10(3-4-12(18)19)15-16-14(17-22-15)11-5-6-23-9-11/h3-7,9H,2,8H2,1H3. The van der Waals surface area contributed by atoms with Crippen molar-refractivity contribution in [2.75, 3.05) is 6.61 Å². The van der Waals surface area contributed by atoms with Gasteiger partial charge in [0.15, 0.2) is 0 Å². The Hall–Kier alpha value is -2.74. The van der Waals surface area contributed by atoms with Crippen molar-refractivity contribution in [1.29, 1.82) is 0 Å². The van der Waals surface area contributed by atoms with Crippen LogP contribution in [0.2, 0.25) is 0 Å². The molecule has 0 amide bonds. The van der Waals surface area contributed by atoms with Gasteiger partial charge in [-0.15, -0.1) is 0 Å². The highest BCUT2D eigenvalue weighted by Gasteiger charge is 2.13. The maximum atomic E-state index is 11.8. The number of hydrogen-bond acceptors (Lipinski definition) is 7. The first kappa shape index (κ1) is 15.2. The van der Waals surface area contributed by atoms with Crippen molar-refractivity contribution in [2.24, 2.45) is 0 Å². The van der Waals surface area contributed by atoms with Crippen LogP contribution in [0.15, 0.2) is 44.5 Å². The molecule has 0 atom stereocenters. The third-order valence-corrected chi connectivity index (χ3v) is 3.72. The van der Waals surface area contributed by atoms with Crippen LogP contribution in [0.1, 0.15) is 6.92 Å². The van der Waals surface area contributed by atoms with E-state index in [-0.39, 0.29) is 24.6 Å². The number of aromatic nitrogens is 3. The number of nitrogens with zero attached hydrogens (tertiary/aromatic N) is 3. The molecule has 0 aliphatic heterocycles. The molecule has 0 bridgehead atoms. The second-order valence-electron chi connectivity index (χ2n) is 4.62. The predicted octanol–water partition coefficient (Wildman–Crippen LogP) is 2.19. The molecule has 7 nitrogen and oxygen atoms in total. The lowest BCUT2D eigenvalue weighted by Crippen LogP contribution is -2.24. The zero-order valence-electron chi connectivity index (χ0n) is 12.3. The van der Waals surface area contributed by atoms with Crippen LogP contribution in [0, 0.1) is 0 Å². The minimum atomic E-state index is -0.476. The molecule has 0 unspecified atom stereocenters. The number of rotatable bonds is 5. The van der Waals surface area contributed by atoms with Gasteiger partial charge in [0.2, 0.25) is 5.82 Å². The summed E-state index contributed by atoms with van der Waals surface area (Å²) in [6.45, 7) is 1.81. The topological polar surface area (TPSA) is 87.2 Å². The second kappa shape index (κ2) is 6.57. The van der Waals surface area contributed by atoms with E-state index in [4.69, 9.17) is 9.26 Å². The third kappa shape index (κ3) is 3.37. The Kier molecular flexibility index (Phi) is 4.33. The molecule has 118 valence electrons. The molecule has 0 fully saturated rings. The average molecular weight is 331 g/mol. The summed E-state index contributed by atoms with van der Waals surface area (Å²) in [6.07, 6.45) is 1.50. The number of carbonyl (C=O) groups excluding carboxylic acids is 1. The van der Waals surface area contributed by atoms with E-state index in [0.717, 1.165) is 5.56 Å². The van der Waals surface area contributed by atoms with E-state index >= 15 is 0 Å². The maximum Gasteiger partial charge on any atom is 0.326 e. The van der Waals surface area contributed by atoms with Gasteiger partial charge in [0, 0.05) is 23.2 Å². The fourth-order valence-corrected chi connectivity index (χ4v) is 2.61. The Bertz CT molecular complexity index is 867. The van der Waals surface area contributed by atoms with Crippen molar-refractivity contribution in [3.05, 3.63) is 45.5 Å². The summed E-state index contributed by atoms with van der Waals surface area (Å²) in [5, 5.41) is 7.75. The third-order valence-electron chi connectivity index (χ3n) is 3.04. The van der Waals surface area contributed by atoms with Gasteiger partial charge in [0.05, 0.1) is 12.2 Å². The molecule has 0 saturated carbocycles. The van der Waals surface area contributed by atoms with Gasteiger partial charge in [-0.3, -0.25) is 9.59 Å². The van der Waals surface area contributed by atoms with E-state index in [9.17, 15) is 9.59 Å². The van der Waals surface area contributed by atoms with E-state index < -0.39 is 5.97 Å². The Morgan fingerprint density at radius 1 is 1.35 bits per heavy atom. The molecule has 0 N–H and O–H groups in total. The van der Waals surface area contributed by atoms with Gasteiger partial charge in [0.1, 0.15) is 6.54 Å². The number of pyridine rings is 1. The van der Waals surface area contributed by atoms with Crippen molar-refractivity contribution >= 4 is 17.3 Å². The van der Waals surface area contributed by atoms with Crippen LogP contribution in [-0.2, 0) is 16.1 Å². The van der Waals surface area contributed by atoms with Gasteiger partial charge in [0.25, 0.3) is 11.4 Å². The Balaban J connectivity index is 1.89. The lowest BCUT2D eigenvalue weighted by atomic mass is 10.2. The van der Waals surface area contributed by atoms with Crippen LogP contribution in [0.5, 0.6) is 0 Å². The van der Waals surface area contributed by atoms with E-state index in [2.05, 4.69) is 10.1 Å². The summed E-state index contributed by atoms with van der Waals surface area (Å²) in [4.78, 5) is 27.7. The number of hydrogen-bond donors (Lipinski definition) is 0. The summed E-state index contributed by atoms with van der Waals surface area (Å²) < 4.78 is 11.3. The average Bonchev–Trinajstić information content (AvgIpc) is 3.20. The smallest absolute Gasteiger partial charge is 0.326 e. The van der Waals surface area contributed by atoms with Crippen LogP contribution in [0.4, 0.5) is 0 Å². The molecule has 8 heteroatoms. The van der Waals surface area contributed by atoms with Crippen LogP contribution in [-0.4, -0.2) is 27.3 Å². The SMILES string of the molecule is CCOC(=O)Cn1cc(-c2nc(-c3ccsc3)no2)ccc1=O. The molecule has 0 aliphatic rings. The first-order valence-electron chi connectivity index (χ1n) is 6.90. The maximum absolute atomic E-state index is 11.8. The van der Waals surface area contributed by atoms with E-state index in [1.807, 2.05) is 16.8 Å². The molecular formula is C15H13N3O4S. The summed E-state index contributed by atoms with van der Waals surface area (Å²) in [5.74, 6) is 0.282. The summed E-state index contributed by atoms with van der Waals surface area (Å²) in [6, 6.07) is 4.82. The van der Waals surface area contributed by atoms with Gasteiger partial charge < -0.3 is 13.8 Å². The molecule has 0 aromatic carbocycles. The largest absolute Gasteiger partial charge is 0.465 e. The van der Waals surface area contributed by atoms with Crippen molar-refractivity contribution in [3.63, 3.8) is 0 Å². The monoisotopic (exact) mass is 331 g/mol. The number of thiophene rings is 1. The van der Waals surface area contributed by atoms with Crippen molar-refractivity contribution < 1.29 is 14.1 Å². The molecule has 3 rings (SSSR count). The molecule has 0 aliphatic carbocycles. The minimum Gasteiger partial charge on any atom is -0.465 e. The van der Waals surface area contributed by atoms with Gasteiger partial charge in [-0.25, -0.2) is 0 Å². The van der Waals surface area contributed by atoms with E-state index in [1.165, 1.54) is 28.2 Å². The minimum absolute atomic E-state index is 0.161. The molecule has 23 heavy (non-hydrogen) atoms. The zero-order chi connectivity index (χ0) is 16.2. The number of esters is 1. The first-order chi connectivity index (χ1) is 11.2. The summed E-state index contributed by atoms with van der Waals surface area (Å²) in [7, 11) is 0. The second-order valence-corrected chi connectivity index (χ2v) is 5.40. The van der Waals surface area contributed by atoms with Gasteiger partial charge in [-0.05, 0) is 24.4 Å². The Labute approximate surface area is 135 Å². The Morgan fingerprint density at radius 2 is 2.22 bits per heavy atom. The van der Waals surface area contributed by atoms with Crippen molar-refractivity contribution in [3.8, 4) is 22.8 Å². The first-order valence-corrected chi connectivity index (χ1v) is 7.84. The van der Waals surface area contributed by atoms with Crippen LogP contribution >= 0.6 is 11.3 Å². The molecule has 0 saturated heterocycles. The zero-order valence-corrected chi connectivity index (χ0v) is 13.1. The fraction of sp³-hybridized carbons (Fsp3) is 0.200. The highest BCUT2D eigenvalue weighted by Crippen LogP contribution is 2.22. The van der Waals surface area contributed by atoms with Crippen molar-refractivity contribution in [1.82, 2.24) is 14.7 Å². The molecule has 3 aromatic heterocycles. The highest BCUT2D eigenvalue weighted by molar-refractivity contribution is 7.08. The van der Waals surface area contributed by atoms with Crippen LogP contribution < -0.4 is 5.56 Å². The van der Waals surface area contributed by atoms with E-state index in [0.29, 0.717) is 11.4 Å². The predicted molar refractivity (Wildman–Crippen MR) is 83.9 cm³/mol. The van der Waals surface area contributed by atoms with Crippen LogP contribution in [0.25, 0.3) is 22.8 Å². The Morgan fingerprint density at radius 3 is 2.96 bits per heavy atom. The molecule has 3 heterocycles. The normalized spacial score (nSPS) is 10.7. The molecule has 3 aromatic rings.